The molecule has 0 saturated carbocycles. The molecule has 18 heavy (non-hydrogen) atoms. The summed E-state index contributed by atoms with van der Waals surface area (Å²) in [5.41, 5.74) is 8.39. The fourth-order valence-electron chi connectivity index (χ4n) is 1.92. The lowest BCUT2D eigenvalue weighted by atomic mass is 10.1. The van der Waals surface area contributed by atoms with Gasteiger partial charge in [0, 0.05) is 24.2 Å². The molecule has 3 nitrogen and oxygen atoms in total. The summed E-state index contributed by atoms with van der Waals surface area (Å²) in [5, 5.41) is 0.650. The predicted molar refractivity (Wildman–Crippen MR) is 77.5 cm³/mol. The monoisotopic (exact) mass is 261 g/mol. The third-order valence-electron chi connectivity index (χ3n) is 3.05. The van der Waals surface area contributed by atoms with E-state index in [1.807, 2.05) is 6.20 Å². The van der Waals surface area contributed by atoms with E-state index in [-0.39, 0.29) is 0 Å². The lowest BCUT2D eigenvalue weighted by molar-refractivity contribution is 0.273. The lowest BCUT2D eigenvalue weighted by Gasteiger charge is -2.20. The van der Waals surface area contributed by atoms with Gasteiger partial charge in [-0.3, -0.25) is 4.90 Å². The van der Waals surface area contributed by atoms with Crippen LogP contribution < -0.4 is 5.73 Å². The minimum atomic E-state index is 0.650. The van der Waals surface area contributed by atoms with Crippen molar-refractivity contribution >= 4 is 16.5 Å². The van der Waals surface area contributed by atoms with Crippen molar-refractivity contribution in [1.29, 1.82) is 0 Å². The van der Waals surface area contributed by atoms with Crippen molar-refractivity contribution in [3.8, 4) is 0 Å². The maximum atomic E-state index is 5.66. The standard InChI is InChI=1S/C14H19N3S/c1-3-17(10-13-8-16-14(15)18-13)9-12-7-5-4-6-11(12)2/h4-8H,3,9-10H2,1-2H3,(H2,15,16). The zero-order chi connectivity index (χ0) is 13.0. The molecule has 0 fully saturated rings. The van der Waals surface area contributed by atoms with E-state index in [1.54, 1.807) is 11.3 Å². The first-order valence-electron chi connectivity index (χ1n) is 6.16. The Balaban J connectivity index is 2.04. The maximum Gasteiger partial charge on any atom is 0.180 e. The Kier molecular flexibility index (Phi) is 4.33. The highest BCUT2D eigenvalue weighted by atomic mass is 32.1. The molecule has 0 unspecified atom stereocenters. The van der Waals surface area contributed by atoms with Crippen LogP contribution >= 0.6 is 11.3 Å². The highest BCUT2D eigenvalue weighted by molar-refractivity contribution is 7.15. The average Bonchev–Trinajstić information content (AvgIpc) is 2.76. The minimum absolute atomic E-state index is 0.650. The normalized spacial score (nSPS) is 11.1. The smallest absolute Gasteiger partial charge is 0.180 e. The molecule has 1 aromatic heterocycles. The van der Waals surface area contributed by atoms with Crippen molar-refractivity contribution < 1.29 is 0 Å². The second kappa shape index (κ2) is 5.98. The second-order valence-electron chi connectivity index (χ2n) is 4.39. The molecular weight excluding hydrogens is 242 g/mol. The molecule has 0 aliphatic heterocycles. The van der Waals surface area contributed by atoms with Crippen molar-refractivity contribution in [2.45, 2.75) is 26.9 Å². The van der Waals surface area contributed by atoms with Crippen molar-refractivity contribution in [2.24, 2.45) is 0 Å². The molecule has 2 aromatic rings. The molecule has 0 saturated heterocycles. The van der Waals surface area contributed by atoms with Crippen molar-refractivity contribution in [1.82, 2.24) is 9.88 Å². The SMILES string of the molecule is CCN(Cc1cnc(N)s1)Cc1ccccc1C. The van der Waals surface area contributed by atoms with Crippen LogP contribution in [0.3, 0.4) is 0 Å². The van der Waals surface area contributed by atoms with Crippen LogP contribution in [0.15, 0.2) is 30.5 Å². The summed E-state index contributed by atoms with van der Waals surface area (Å²) in [6, 6.07) is 8.53. The first-order chi connectivity index (χ1) is 8.69. The second-order valence-corrected chi connectivity index (χ2v) is 5.54. The Morgan fingerprint density at radius 1 is 1.28 bits per heavy atom. The summed E-state index contributed by atoms with van der Waals surface area (Å²) >= 11 is 1.57. The van der Waals surface area contributed by atoms with Gasteiger partial charge in [0.25, 0.3) is 0 Å². The molecule has 4 heteroatoms. The fraction of sp³-hybridized carbons (Fsp3) is 0.357. The first-order valence-corrected chi connectivity index (χ1v) is 6.97. The van der Waals surface area contributed by atoms with Gasteiger partial charge < -0.3 is 5.73 Å². The summed E-state index contributed by atoms with van der Waals surface area (Å²) in [7, 11) is 0. The van der Waals surface area contributed by atoms with Crippen LogP contribution in [-0.4, -0.2) is 16.4 Å². The van der Waals surface area contributed by atoms with Crippen LogP contribution in [0.25, 0.3) is 0 Å². The molecule has 1 aromatic carbocycles. The Labute approximate surface area is 112 Å². The van der Waals surface area contributed by atoms with Crippen LogP contribution in [0, 0.1) is 6.92 Å². The molecule has 0 amide bonds. The van der Waals surface area contributed by atoms with Crippen LogP contribution in [-0.2, 0) is 13.1 Å². The van der Waals surface area contributed by atoms with E-state index in [9.17, 15) is 0 Å². The van der Waals surface area contributed by atoms with Gasteiger partial charge in [-0.05, 0) is 24.6 Å². The molecule has 0 aliphatic rings. The molecular formula is C14H19N3S. The molecule has 2 rings (SSSR count). The highest BCUT2D eigenvalue weighted by Crippen LogP contribution is 2.18. The Morgan fingerprint density at radius 3 is 2.67 bits per heavy atom. The Bertz CT molecular complexity index is 507. The van der Waals surface area contributed by atoms with Gasteiger partial charge in [-0.1, -0.05) is 31.2 Å². The molecule has 0 radical (unpaired) electrons. The number of aryl methyl sites for hydroxylation is 1. The first kappa shape index (κ1) is 13.1. The average molecular weight is 261 g/mol. The number of rotatable bonds is 5. The molecule has 0 spiro atoms. The van der Waals surface area contributed by atoms with E-state index in [0.29, 0.717) is 5.13 Å². The van der Waals surface area contributed by atoms with Gasteiger partial charge in [0.15, 0.2) is 5.13 Å². The number of nitrogen functional groups attached to an aromatic ring is 1. The lowest BCUT2D eigenvalue weighted by Crippen LogP contribution is -2.22. The van der Waals surface area contributed by atoms with E-state index < -0.39 is 0 Å². The fourth-order valence-corrected chi connectivity index (χ4v) is 2.65. The number of nitrogens with zero attached hydrogens (tertiary/aromatic N) is 2. The van der Waals surface area contributed by atoms with Gasteiger partial charge in [0.2, 0.25) is 0 Å². The third-order valence-corrected chi connectivity index (χ3v) is 3.86. The Morgan fingerprint density at radius 2 is 2.06 bits per heavy atom. The number of hydrogen-bond acceptors (Lipinski definition) is 4. The summed E-state index contributed by atoms with van der Waals surface area (Å²) in [6.45, 7) is 7.25. The topological polar surface area (TPSA) is 42.2 Å². The summed E-state index contributed by atoms with van der Waals surface area (Å²) < 4.78 is 0. The van der Waals surface area contributed by atoms with Gasteiger partial charge in [0.05, 0.1) is 0 Å². The van der Waals surface area contributed by atoms with E-state index in [1.165, 1.54) is 16.0 Å². The third kappa shape index (κ3) is 3.31. The number of nitrogens with two attached hydrogens (primary N) is 1. The van der Waals surface area contributed by atoms with E-state index in [0.717, 1.165) is 19.6 Å². The molecule has 0 atom stereocenters. The summed E-state index contributed by atoms with van der Waals surface area (Å²) in [5.74, 6) is 0. The summed E-state index contributed by atoms with van der Waals surface area (Å²) in [6.07, 6.45) is 1.88. The van der Waals surface area contributed by atoms with Gasteiger partial charge in [-0.2, -0.15) is 0 Å². The van der Waals surface area contributed by atoms with Gasteiger partial charge in [-0.25, -0.2) is 4.98 Å². The number of anilines is 1. The number of benzene rings is 1. The Hall–Kier alpha value is -1.39. The number of hydrogen-bond donors (Lipinski definition) is 1. The van der Waals surface area contributed by atoms with Crippen LogP contribution in [0.1, 0.15) is 22.9 Å². The number of thiazole rings is 1. The number of aromatic nitrogens is 1. The van der Waals surface area contributed by atoms with Gasteiger partial charge in [-0.15, -0.1) is 11.3 Å². The van der Waals surface area contributed by atoms with Gasteiger partial charge in [0.1, 0.15) is 0 Å². The summed E-state index contributed by atoms with van der Waals surface area (Å²) in [4.78, 5) is 7.72. The van der Waals surface area contributed by atoms with Crippen LogP contribution in [0.2, 0.25) is 0 Å². The molecule has 0 aliphatic carbocycles. The zero-order valence-corrected chi connectivity index (χ0v) is 11.7. The zero-order valence-electron chi connectivity index (χ0n) is 10.9. The molecule has 1 heterocycles. The largest absolute Gasteiger partial charge is 0.375 e. The maximum absolute atomic E-state index is 5.66. The van der Waals surface area contributed by atoms with Crippen LogP contribution in [0.4, 0.5) is 5.13 Å². The van der Waals surface area contributed by atoms with E-state index in [4.69, 9.17) is 5.73 Å². The van der Waals surface area contributed by atoms with Crippen molar-refractivity contribution in [2.75, 3.05) is 12.3 Å². The van der Waals surface area contributed by atoms with Crippen LogP contribution in [0.5, 0.6) is 0 Å². The molecule has 96 valence electrons. The predicted octanol–water partition coefficient (Wildman–Crippen LogP) is 3.06. The highest BCUT2D eigenvalue weighted by Gasteiger charge is 2.08. The molecule has 0 bridgehead atoms. The van der Waals surface area contributed by atoms with Crippen molar-refractivity contribution in [3.05, 3.63) is 46.5 Å². The quantitative estimate of drug-likeness (QED) is 0.899. The van der Waals surface area contributed by atoms with Crippen molar-refractivity contribution in [3.63, 3.8) is 0 Å². The molecule has 2 N–H and O–H groups in total. The van der Waals surface area contributed by atoms with Gasteiger partial charge >= 0.3 is 0 Å². The minimum Gasteiger partial charge on any atom is -0.375 e. The van der Waals surface area contributed by atoms with E-state index >= 15 is 0 Å². The van der Waals surface area contributed by atoms with E-state index in [2.05, 4.69) is 48.0 Å².